The molecule has 4 rings (SSSR count). The number of rotatable bonds is 5. The molecule has 0 spiro atoms. The Kier molecular flexibility index (Phi) is 5.45. The van der Waals surface area contributed by atoms with Crippen molar-refractivity contribution in [2.75, 3.05) is 19.7 Å². The van der Waals surface area contributed by atoms with E-state index in [0.29, 0.717) is 31.1 Å². The lowest BCUT2D eigenvalue weighted by atomic mass is 9.99. The molecule has 30 heavy (non-hydrogen) atoms. The fraction of sp³-hybridized carbons (Fsp3) is 0.381. The lowest BCUT2D eigenvalue weighted by Gasteiger charge is -2.31. The van der Waals surface area contributed by atoms with E-state index in [1.54, 1.807) is 4.52 Å². The Labute approximate surface area is 175 Å². The summed E-state index contributed by atoms with van der Waals surface area (Å²) < 4.78 is 34.8. The van der Waals surface area contributed by atoms with Crippen LogP contribution in [0, 0.1) is 31.1 Å². The molecule has 3 aromatic rings. The van der Waals surface area contributed by atoms with E-state index in [1.807, 2.05) is 32.0 Å². The van der Waals surface area contributed by atoms with Gasteiger partial charge in [-0.15, -0.1) is 5.10 Å². The van der Waals surface area contributed by atoms with Crippen LogP contribution < -0.4 is 4.74 Å². The van der Waals surface area contributed by atoms with E-state index < -0.39 is 10.0 Å². The highest BCUT2D eigenvalue weighted by Gasteiger charge is 2.29. The predicted octanol–water partition coefficient (Wildman–Crippen LogP) is 2.70. The minimum Gasteiger partial charge on any atom is -0.476 e. The molecule has 9 heteroatoms. The highest BCUT2D eigenvalue weighted by Crippen LogP contribution is 2.25. The maximum absolute atomic E-state index is 12.8. The van der Waals surface area contributed by atoms with Gasteiger partial charge in [0, 0.05) is 19.2 Å². The van der Waals surface area contributed by atoms with Gasteiger partial charge in [-0.1, -0.05) is 0 Å². The third-order valence-electron chi connectivity index (χ3n) is 5.58. The number of aromatic nitrogens is 3. The van der Waals surface area contributed by atoms with Crippen LogP contribution >= 0.6 is 0 Å². The van der Waals surface area contributed by atoms with Crippen LogP contribution in [0.2, 0.25) is 0 Å². The maximum atomic E-state index is 12.8. The number of hydrogen-bond donors (Lipinski definition) is 0. The molecule has 0 amide bonds. The van der Waals surface area contributed by atoms with E-state index in [2.05, 4.69) is 10.1 Å². The van der Waals surface area contributed by atoms with Crippen LogP contribution in [-0.2, 0) is 10.0 Å². The van der Waals surface area contributed by atoms with Crippen molar-refractivity contribution in [2.45, 2.75) is 31.6 Å². The summed E-state index contributed by atoms with van der Waals surface area (Å²) in [5, 5.41) is 13.4. The van der Waals surface area contributed by atoms with E-state index in [4.69, 9.17) is 10.00 Å². The SMILES string of the molecule is Cc1nc2ccc(OCC3CCN(S(=O)(=O)c4ccc(C#N)cc4)CC3)nn2c1C. The Morgan fingerprint density at radius 1 is 1.13 bits per heavy atom. The van der Waals surface area contributed by atoms with Gasteiger partial charge in [-0.2, -0.15) is 9.57 Å². The fourth-order valence-electron chi connectivity index (χ4n) is 3.58. The van der Waals surface area contributed by atoms with Gasteiger partial charge in [0.15, 0.2) is 5.65 Å². The van der Waals surface area contributed by atoms with Crippen molar-refractivity contribution in [2.24, 2.45) is 5.92 Å². The molecule has 2 aromatic heterocycles. The molecule has 0 atom stereocenters. The predicted molar refractivity (Wildman–Crippen MR) is 111 cm³/mol. The first kappa shape index (κ1) is 20.3. The fourth-order valence-corrected chi connectivity index (χ4v) is 5.05. The van der Waals surface area contributed by atoms with Crippen LogP contribution in [0.4, 0.5) is 0 Å². The molecule has 0 N–H and O–H groups in total. The molecule has 1 aliphatic rings. The Morgan fingerprint density at radius 3 is 2.50 bits per heavy atom. The summed E-state index contributed by atoms with van der Waals surface area (Å²) in [4.78, 5) is 4.66. The standard InChI is InChI=1S/C21H23N5O3S/c1-15-16(2)26-20(23-15)7-8-21(24-26)29-14-18-9-11-25(12-10-18)30(27,28)19-5-3-17(13-22)4-6-19/h3-8,18H,9-12,14H2,1-2H3. The second-order valence-corrected chi connectivity index (χ2v) is 9.46. The van der Waals surface area contributed by atoms with Gasteiger partial charge in [0.25, 0.3) is 0 Å². The number of imidazole rings is 1. The molecule has 1 aliphatic heterocycles. The average molecular weight is 426 g/mol. The van der Waals surface area contributed by atoms with Gasteiger partial charge in [-0.05, 0) is 62.9 Å². The number of nitriles is 1. The summed E-state index contributed by atoms with van der Waals surface area (Å²) in [6, 6.07) is 11.7. The minimum atomic E-state index is -3.54. The van der Waals surface area contributed by atoms with Crippen molar-refractivity contribution in [3.05, 3.63) is 53.3 Å². The lowest BCUT2D eigenvalue weighted by Crippen LogP contribution is -2.39. The molecule has 0 radical (unpaired) electrons. The van der Waals surface area contributed by atoms with Gasteiger partial charge in [0.1, 0.15) is 0 Å². The quantitative estimate of drug-likeness (QED) is 0.623. The van der Waals surface area contributed by atoms with Crippen molar-refractivity contribution >= 4 is 15.7 Å². The van der Waals surface area contributed by atoms with Crippen LogP contribution in [0.1, 0.15) is 29.8 Å². The van der Waals surface area contributed by atoms with E-state index >= 15 is 0 Å². The topological polar surface area (TPSA) is 101 Å². The van der Waals surface area contributed by atoms with Crippen molar-refractivity contribution < 1.29 is 13.2 Å². The Balaban J connectivity index is 1.35. The van der Waals surface area contributed by atoms with Crippen LogP contribution in [0.3, 0.4) is 0 Å². The first-order chi connectivity index (χ1) is 14.4. The number of sulfonamides is 1. The molecular weight excluding hydrogens is 402 g/mol. The Morgan fingerprint density at radius 2 is 1.83 bits per heavy atom. The van der Waals surface area contributed by atoms with Gasteiger partial charge in [0.2, 0.25) is 15.9 Å². The summed E-state index contributed by atoms with van der Waals surface area (Å²) in [6.45, 7) is 5.31. The highest BCUT2D eigenvalue weighted by molar-refractivity contribution is 7.89. The summed E-state index contributed by atoms with van der Waals surface area (Å²) >= 11 is 0. The second kappa shape index (κ2) is 8.05. The van der Waals surface area contributed by atoms with Crippen molar-refractivity contribution in [3.63, 3.8) is 0 Å². The van der Waals surface area contributed by atoms with Crippen LogP contribution in [0.5, 0.6) is 5.88 Å². The van der Waals surface area contributed by atoms with Crippen molar-refractivity contribution in [1.29, 1.82) is 5.26 Å². The smallest absolute Gasteiger partial charge is 0.243 e. The van der Waals surface area contributed by atoms with Crippen LogP contribution in [0.25, 0.3) is 5.65 Å². The lowest BCUT2D eigenvalue weighted by molar-refractivity contribution is 0.179. The summed E-state index contributed by atoms with van der Waals surface area (Å²) in [5.74, 6) is 0.802. The zero-order valence-corrected chi connectivity index (χ0v) is 17.8. The number of ether oxygens (including phenoxy) is 1. The van der Waals surface area contributed by atoms with E-state index in [0.717, 1.165) is 29.9 Å². The number of aryl methyl sites for hydroxylation is 2. The zero-order valence-electron chi connectivity index (χ0n) is 16.9. The number of hydrogen-bond acceptors (Lipinski definition) is 6. The zero-order chi connectivity index (χ0) is 21.3. The highest BCUT2D eigenvalue weighted by atomic mass is 32.2. The number of benzene rings is 1. The van der Waals surface area contributed by atoms with Crippen molar-refractivity contribution in [1.82, 2.24) is 18.9 Å². The Bertz CT molecular complexity index is 1200. The normalized spacial score (nSPS) is 15.9. The van der Waals surface area contributed by atoms with Gasteiger partial charge < -0.3 is 4.74 Å². The van der Waals surface area contributed by atoms with Gasteiger partial charge in [0.05, 0.1) is 34.5 Å². The monoisotopic (exact) mass is 425 g/mol. The van der Waals surface area contributed by atoms with Gasteiger partial charge in [-0.3, -0.25) is 0 Å². The van der Waals surface area contributed by atoms with E-state index in [-0.39, 0.29) is 10.8 Å². The van der Waals surface area contributed by atoms with E-state index in [1.165, 1.54) is 28.6 Å². The molecule has 3 heterocycles. The summed E-state index contributed by atoms with van der Waals surface area (Å²) in [5.41, 5.74) is 3.16. The number of nitrogens with zero attached hydrogens (tertiary/aromatic N) is 5. The van der Waals surface area contributed by atoms with Gasteiger partial charge >= 0.3 is 0 Å². The molecule has 156 valence electrons. The van der Waals surface area contributed by atoms with Crippen LogP contribution in [-0.4, -0.2) is 47.0 Å². The molecule has 0 aliphatic carbocycles. The molecule has 0 bridgehead atoms. The molecule has 8 nitrogen and oxygen atoms in total. The number of fused-ring (bicyclic) bond motifs is 1. The molecule has 1 saturated heterocycles. The first-order valence-corrected chi connectivity index (χ1v) is 11.3. The first-order valence-electron chi connectivity index (χ1n) is 9.84. The van der Waals surface area contributed by atoms with Gasteiger partial charge in [-0.25, -0.2) is 17.9 Å². The molecule has 0 unspecified atom stereocenters. The number of piperidine rings is 1. The van der Waals surface area contributed by atoms with Crippen LogP contribution in [0.15, 0.2) is 41.3 Å². The maximum Gasteiger partial charge on any atom is 0.243 e. The molecule has 1 fully saturated rings. The average Bonchev–Trinajstić information content (AvgIpc) is 3.06. The Hall–Kier alpha value is -2.96. The summed E-state index contributed by atoms with van der Waals surface area (Å²) in [6.07, 6.45) is 1.45. The third-order valence-corrected chi connectivity index (χ3v) is 7.49. The molecule has 1 aromatic carbocycles. The third kappa shape index (κ3) is 3.88. The minimum absolute atomic E-state index is 0.222. The largest absolute Gasteiger partial charge is 0.476 e. The molecule has 0 saturated carbocycles. The summed E-state index contributed by atoms with van der Waals surface area (Å²) in [7, 11) is -3.54. The van der Waals surface area contributed by atoms with E-state index in [9.17, 15) is 8.42 Å². The second-order valence-electron chi connectivity index (χ2n) is 7.52. The van der Waals surface area contributed by atoms with Crippen molar-refractivity contribution in [3.8, 4) is 11.9 Å². The molecular formula is C21H23N5O3S.